The van der Waals surface area contributed by atoms with Gasteiger partial charge in [-0.2, -0.15) is 5.10 Å². The van der Waals surface area contributed by atoms with Crippen molar-refractivity contribution >= 4 is 38.7 Å². The van der Waals surface area contributed by atoms with Gasteiger partial charge in [0, 0.05) is 21.6 Å². The maximum atomic E-state index is 5.46. The van der Waals surface area contributed by atoms with Crippen molar-refractivity contribution in [1.82, 2.24) is 4.98 Å². The topological polar surface area (TPSA) is 55.7 Å². The van der Waals surface area contributed by atoms with Crippen LogP contribution in [0.1, 0.15) is 11.3 Å². The zero-order valence-corrected chi connectivity index (χ0v) is 14.5. The highest BCUT2D eigenvalue weighted by atomic mass is 79.9. The zero-order valence-electron chi connectivity index (χ0n) is 12.9. The Morgan fingerprint density at radius 3 is 2.67 bits per heavy atom. The van der Waals surface area contributed by atoms with Gasteiger partial charge in [-0.1, -0.05) is 28.1 Å². The van der Waals surface area contributed by atoms with Gasteiger partial charge in [0.25, 0.3) is 0 Å². The first-order chi connectivity index (χ1) is 11.7. The van der Waals surface area contributed by atoms with Crippen LogP contribution in [-0.4, -0.2) is 18.0 Å². The third-order valence-electron chi connectivity index (χ3n) is 3.70. The number of aromatic nitrogens is 1. The van der Waals surface area contributed by atoms with Gasteiger partial charge in [0.15, 0.2) is 11.5 Å². The number of fused-ring (bicyclic) bond motifs is 2. The number of hydrogen-bond donors (Lipinski definition) is 1. The quantitative estimate of drug-likeness (QED) is 0.535. The summed E-state index contributed by atoms with van der Waals surface area (Å²) in [5, 5.41) is 5.28. The van der Waals surface area contributed by atoms with Crippen LogP contribution in [0.3, 0.4) is 0 Å². The standard InChI is InChI=1S/C18H14BrN3O2/c1-11-6-16(22-20-9-12-2-4-13(19)5-3-12)14-7-17-18(24-10-23-17)8-15(14)21-11/h2-9H,10H2,1H3,(H,21,22)/b20-9-. The lowest BCUT2D eigenvalue weighted by Gasteiger charge is -2.08. The first-order valence-electron chi connectivity index (χ1n) is 7.45. The minimum atomic E-state index is 0.245. The molecule has 0 aliphatic carbocycles. The summed E-state index contributed by atoms with van der Waals surface area (Å²) in [7, 11) is 0. The normalized spacial score (nSPS) is 12.9. The Kier molecular flexibility index (Phi) is 3.82. The number of benzene rings is 2. The van der Waals surface area contributed by atoms with E-state index in [1.54, 1.807) is 6.21 Å². The molecule has 0 saturated heterocycles. The molecule has 6 heteroatoms. The van der Waals surface area contributed by atoms with Gasteiger partial charge in [0.1, 0.15) is 0 Å². The Morgan fingerprint density at radius 2 is 1.88 bits per heavy atom. The summed E-state index contributed by atoms with van der Waals surface area (Å²) in [6, 6.07) is 13.7. The summed E-state index contributed by atoms with van der Waals surface area (Å²) in [5.41, 5.74) is 6.75. The Hall–Kier alpha value is -2.60. The molecule has 1 N–H and O–H groups in total. The molecule has 0 unspecified atom stereocenters. The highest BCUT2D eigenvalue weighted by Gasteiger charge is 2.16. The molecule has 4 rings (SSSR count). The van der Waals surface area contributed by atoms with Crippen LogP contribution in [0.5, 0.6) is 11.5 Å². The Labute approximate surface area is 147 Å². The second kappa shape index (κ2) is 6.13. The van der Waals surface area contributed by atoms with E-state index in [-0.39, 0.29) is 6.79 Å². The molecule has 0 atom stereocenters. The minimum absolute atomic E-state index is 0.245. The SMILES string of the molecule is Cc1cc(N/N=C\c2ccc(Br)cc2)c2cc3c(cc2n1)OCO3. The molecule has 3 aromatic rings. The van der Waals surface area contributed by atoms with Crippen LogP contribution in [-0.2, 0) is 0 Å². The molecule has 1 aromatic heterocycles. The van der Waals surface area contributed by atoms with E-state index >= 15 is 0 Å². The van der Waals surface area contributed by atoms with Gasteiger partial charge in [0.2, 0.25) is 6.79 Å². The molecular formula is C18H14BrN3O2. The number of anilines is 1. The lowest BCUT2D eigenvalue weighted by Crippen LogP contribution is -1.95. The molecule has 120 valence electrons. The van der Waals surface area contributed by atoms with E-state index in [4.69, 9.17) is 9.47 Å². The summed E-state index contributed by atoms with van der Waals surface area (Å²) in [6.07, 6.45) is 1.78. The van der Waals surface area contributed by atoms with Gasteiger partial charge in [0.05, 0.1) is 17.4 Å². The summed E-state index contributed by atoms with van der Waals surface area (Å²) >= 11 is 3.42. The predicted molar refractivity (Wildman–Crippen MR) is 98.0 cm³/mol. The molecule has 0 fully saturated rings. The first kappa shape index (κ1) is 15.0. The van der Waals surface area contributed by atoms with Crippen LogP contribution < -0.4 is 14.9 Å². The predicted octanol–water partition coefficient (Wildman–Crippen LogP) is 4.48. The van der Waals surface area contributed by atoms with Gasteiger partial charge in [-0.15, -0.1) is 0 Å². The fraction of sp³-hybridized carbons (Fsp3) is 0.111. The lowest BCUT2D eigenvalue weighted by atomic mass is 10.1. The van der Waals surface area contributed by atoms with Crippen molar-refractivity contribution in [2.75, 3.05) is 12.2 Å². The van der Waals surface area contributed by atoms with Gasteiger partial charge in [-0.3, -0.25) is 10.4 Å². The molecule has 0 saturated carbocycles. The highest BCUT2D eigenvalue weighted by molar-refractivity contribution is 9.10. The van der Waals surface area contributed by atoms with Gasteiger partial charge >= 0.3 is 0 Å². The fourth-order valence-corrected chi connectivity index (χ4v) is 2.83. The van der Waals surface area contributed by atoms with Crippen molar-refractivity contribution in [1.29, 1.82) is 0 Å². The number of ether oxygens (including phenoxy) is 2. The van der Waals surface area contributed by atoms with Gasteiger partial charge in [-0.25, -0.2) is 0 Å². The number of hydrogen-bond acceptors (Lipinski definition) is 5. The third kappa shape index (κ3) is 2.92. The molecule has 0 amide bonds. The molecular weight excluding hydrogens is 370 g/mol. The summed E-state index contributed by atoms with van der Waals surface area (Å²) in [5.74, 6) is 1.46. The molecule has 0 spiro atoms. The molecule has 2 aromatic carbocycles. The van der Waals surface area contributed by atoms with Crippen molar-refractivity contribution in [3.63, 3.8) is 0 Å². The molecule has 0 bridgehead atoms. The van der Waals surface area contributed by atoms with Crippen molar-refractivity contribution in [3.05, 3.63) is 58.2 Å². The smallest absolute Gasteiger partial charge is 0.231 e. The summed E-state index contributed by atoms with van der Waals surface area (Å²) < 4.78 is 11.9. The summed E-state index contributed by atoms with van der Waals surface area (Å²) in [4.78, 5) is 4.56. The van der Waals surface area contributed by atoms with E-state index in [0.29, 0.717) is 0 Å². The molecule has 24 heavy (non-hydrogen) atoms. The number of rotatable bonds is 3. The minimum Gasteiger partial charge on any atom is -0.454 e. The fourth-order valence-electron chi connectivity index (χ4n) is 2.57. The van der Waals surface area contributed by atoms with E-state index in [1.807, 2.05) is 49.4 Å². The monoisotopic (exact) mass is 383 g/mol. The Morgan fingerprint density at radius 1 is 1.12 bits per heavy atom. The van der Waals surface area contributed by atoms with E-state index in [2.05, 4.69) is 31.4 Å². The van der Waals surface area contributed by atoms with Gasteiger partial charge in [-0.05, 0) is 36.8 Å². The molecule has 1 aliphatic heterocycles. The molecule has 0 radical (unpaired) electrons. The van der Waals surface area contributed by atoms with Crippen LogP contribution in [0.2, 0.25) is 0 Å². The number of aryl methyl sites for hydroxylation is 1. The van der Waals surface area contributed by atoms with Crippen LogP contribution in [0.25, 0.3) is 10.9 Å². The largest absolute Gasteiger partial charge is 0.454 e. The highest BCUT2D eigenvalue weighted by Crippen LogP contribution is 2.38. The number of hydrazone groups is 1. The lowest BCUT2D eigenvalue weighted by molar-refractivity contribution is 0.174. The van der Waals surface area contributed by atoms with E-state index in [0.717, 1.165) is 43.8 Å². The van der Waals surface area contributed by atoms with Crippen molar-refractivity contribution < 1.29 is 9.47 Å². The van der Waals surface area contributed by atoms with Crippen molar-refractivity contribution in [3.8, 4) is 11.5 Å². The average Bonchev–Trinajstić information content (AvgIpc) is 3.02. The second-order valence-electron chi connectivity index (χ2n) is 5.46. The van der Waals surface area contributed by atoms with Crippen LogP contribution in [0.4, 0.5) is 5.69 Å². The van der Waals surface area contributed by atoms with E-state index < -0.39 is 0 Å². The van der Waals surface area contributed by atoms with E-state index in [1.165, 1.54) is 0 Å². The van der Waals surface area contributed by atoms with E-state index in [9.17, 15) is 0 Å². The number of halogens is 1. The van der Waals surface area contributed by atoms with Crippen LogP contribution in [0, 0.1) is 6.92 Å². The second-order valence-corrected chi connectivity index (χ2v) is 6.37. The first-order valence-corrected chi connectivity index (χ1v) is 8.24. The van der Waals surface area contributed by atoms with Crippen molar-refractivity contribution in [2.45, 2.75) is 6.92 Å². The number of nitrogens with zero attached hydrogens (tertiary/aromatic N) is 2. The Balaban J connectivity index is 1.67. The average molecular weight is 384 g/mol. The summed E-state index contributed by atoms with van der Waals surface area (Å²) in [6.45, 7) is 2.20. The van der Waals surface area contributed by atoms with Crippen molar-refractivity contribution in [2.24, 2.45) is 5.10 Å². The molecule has 2 heterocycles. The Bertz CT molecular complexity index is 939. The van der Waals surface area contributed by atoms with Crippen LogP contribution in [0.15, 0.2) is 52.0 Å². The van der Waals surface area contributed by atoms with Gasteiger partial charge < -0.3 is 9.47 Å². The maximum absolute atomic E-state index is 5.46. The zero-order chi connectivity index (χ0) is 16.5. The molecule has 1 aliphatic rings. The van der Waals surface area contributed by atoms with Crippen LogP contribution >= 0.6 is 15.9 Å². The molecule has 5 nitrogen and oxygen atoms in total. The number of pyridine rings is 1. The maximum Gasteiger partial charge on any atom is 0.231 e. The third-order valence-corrected chi connectivity index (χ3v) is 4.23. The number of nitrogens with one attached hydrogen (secondary N) is 1.